The molecule has 2 aromatic rings. The number of rotatable bonds is 16. The molecule has 2 heteroatoms. The third-order valence-corrected chi connectivity index (χ3v) is 6.54. The van der Waals surface area contributed by atoms with E-state index < -0.39 is 0 Å². The monoisotopic (exact) mass is 436 g/mol. The van der Waals surface area contributed by atoms with Gasteiger partial charge in [-0.05, 0) is 49.4 Å². The van der Waals surface area contributed by atoms with E-state index in [0.717, 1.165) is 32.1 Å². The van der Waals surface area contributed by atoms with Crippen LogP contribution in [0.25, 0.3) is 0 Å². The molecular weight excluding hydrogens is 392 g/mol. The van der Waals surface area contributed by atoms with Crippen LogP contribution >= 0.6 is 0 Å². The molecule has 0 aliphatic rings. The molecule has 0 aliphatic heterocycles. The molecule has 0 saturated heterocycles. The van der Waals surface area contributed by atoms with E-state index in [4.69, 9.17) is 4.74 Å². The number of unbranched alkanes of at least 4 members (excludes halogenated alkanes) is 8. The Morgan fingerprint density at radius 2 is 1.19 bits per heavy atom. The zero-order valence-electron chi connectivity index (χ0n) is 20.7. The normalized spacial score (nSPS) is 13.0. The molecule has 0 bridgehead atoms. The van der Waals surface area contributed by atoms with Crippen molar-refractivity contribution in [2.45, 2.75) is 104 Å². The number of carbonyl (C=O) groups is 1. The van der Waals surface area contributed by atoms with E-state index in [-0.39, 0.29) is 11.4 Å². The zero-order valence-corrected chi connectivity index (χ0v) is 20.7. The maximum Gasteiger partial charge on any atom is 0.317 e. The van der Waals surface area contributed by atoms with Gasteiger partial charge in [0.2, 0.25) is 0 Å². The lowest BCUT2D eigenvalue weighted by atomic mass is 9.79. The first kappa shape index (κ1) is 26.2. The Labute approximate surface area is 196 Å². The van der Waals surface area contributed by atoms with Gasteiger partial charge in [0.05, 0.1) is 5.41 Å². The summed E-state index contributed by atoms with van der Waals surface area (Å²) < 4.78 is 5.90. The molecular formula is C30H44O2. The number of hydrogen-bond acceptors (Lipinski definition) is 2. The summed E-state index contributed by atoms with van der Waals surface area (Å²) in [5.74, 6) is 0.605. The van der Waals surface area contributed by atoms with Crippen LogP contribution in [0.4, 0.5) is 0 Å². The van der Waals surface area contributed by atoms with Crippen molar-refractivity contribution in [1.29, 1.82) is 0 Å². The second-order valence-corrected chi connectivity index (χ2v) is 9.58. The molecule has 0 fully saturated rings. The topological polar surface area (TPSA) is 26.3 Å². The molecule has 32 heavy (non-hydrogen) atoms. The van der Waals surface area contributed by atoms with Crippen LogP contribution < -0.4 is 4.74 Å². The standard InChI is InChI=1S/C30H44O2/c1-4-6-8-10-11-16-24-30(3,23-15-9-7-5-2)29(31)32-28-21-19-27(20-22-28)25-26-17-13-12-14-18-26/h12-14,17-22H,4-11,15-16,23-25H2,1-3H3. The van der Waals surface area contributed by atoms with Gasteiger partial charge in [-0.15, -0.1) is 0 Å². The molecule has 2 aromatic carbocycles. The minimum Gasteiger partial charge on any atom is -0.426 e. The van der Waals surface area contributed by atoms with Gasteiger partial charge in [0.15, 0.2) is 0 Å². The number of carbonyl (C=O) groups excluding carboxylic acids is 1. The van der Waals surface area contributed by atoms with Crippen molar-refractivity contribution in [1.82, 2.24) is 0 Å². The van der Waals surface area contributed by atoms with Gasteiger partial charge in [-0.2, -0.15) is 0 Å². The van der Waals surface area contributed by atoms with E-state index in [1.165, 1.54) is 62.5 Å². The average molecular weight is 437 g/mol. The van der Waals surface area contributed by atoms with E-state index in [2.05, 4.69) is 57.2 Å². The summed E-state index contributed by atoms with van der Waals surface area (Å²) in [5.41, 5.74) is 2.13. The van der Waals surface area contributed by atoms with Crippen molar-refractivity contribution in [3.63, 3.8) is 0 Å². The molecule has 0 spiro atoms. The highest BCUT2D eigenvalue weighted by atomic mass is 16.5. The van der Waals surface area contributed by atoms with Crippen LogP contribution in [0.1, 0.15) is 109 Å². The number of hydrogen-bond donors (Lipinski definition) is 0. The van der Waals surface area contributed by atoms with Gasteiger partial charge in [-0.1, -0.05) is 121 Å². The van der Waals surface area contributed by atoms with Gasteiger partial charge in [0.25, 0.3) is 0 Å². The van der Waals surface area contributed by atoms with Crippen LogP contribution in [-0.2, 0) is 11.2 Å². The summed E-state index contributed by atoms with van der Waals surface area (Å²) >= 11 is 0. The maximum atomic E-state index is 13.2. The molecule has 0 aromatic heterocycles. The molecule has 2 rings (SSSR count). The fraction of sp³-hybridized carbons (Fsp3) is 0.567. The SMILES string of the molecule is CCCCCCCCC(C)(CCCCCC)C(=O)Oc1ccc(Cc2ccccc2)cc1. The highest BCUT2D eigenvalue weighted by Crippen LogP contribution is 2.33. The lowest BCUT2D eigenvalue weighted by Gasteiger charge is -2.27. The number of benzene rings is 2. The number of ether oxygens (including phenoxy) is 1. The second-order valence-electron chi connectivity index (χ2n) is 9.58. The maximum absolute atomic E-state index is 13.2. The summed E-state index contributed by atoms with van der Waals surface area (Å²) in [5, 5.41) is 0. The zero-order chi connectivity index (χ0) is 23.1. The van der Waals surface area contributed by atoms with E-state index in [1.54, 1.807) is 0 Å². The molecule has 2 nitrogen and oxygen atoms in total. The molecule has 0 radical (unpaired) electrons. The molecule has 1 unspecified atom stereocenters. The van der Waals surface area contributed by atoms with E-state index >= 15 is 0 Å². The quantitative estimate of drug-likeness (QED) is 0.149. The lowest BCUT2D eigenvalue weighted by Crippen LogP contribution is -2.32. The molecule has 176 valence electrons. The fourth-order valence-electron chi connectivity index (χ4n) is 4.30. The Kier molecular flexibility index (Phi) is 12.2. The fourth-order valence-corrected chi connectivity index (χ4v) is 4.30. The van der Waals surface area contributed by atoms with Crippen molar-refractivity contribution in [2.24, 2.45) is 5.41 Å². The van der Waals surface area contributed by atoms with Crippen molar-refractivity contribution >= 4 is 5.97 Å². The molecule has 1 atom stereocenters. The highest BCUT2D eigenvalue weighted by molar-refractivity contribution is 5.78. The first-order valence-electron chi connectivity index (χ1n) is 12.9. The average Bonchev–Trinajstić information content (AvgIpc) is 2.81. The first-order chi connectivity index (χ1) is 15.6. The van der Waals surface area contributed by atoms with Crippen LogP contribution in [0.3, 0.4) is 0 Å². The van der Waals surface area contributed by atoms with Crippen LogP contribution in [0, 0.1) is 5.41 Å². The minimum atomic E-state index is -0.388. The largest absolute Gasteiger partial charge is 0.426 e. The van der Waals surface area contributed by atoms with Crippen molar-refractivity contribution < 1.29 is 9.53 Å². The Balaban J connectivity index is 1.92. The van der Waals surface area contributed by atoms with E-state index in [0.29, 0.717) is 5.75 Å². The van der Waals surface area contributed by atoms with Gasteiger partial charge >= 0.3 is 5.97 Å². The Hall–Kier alpha value is -2.09. The molecule has 0 heterocycles. The lowest BCUT2D eigenvalue weighted by molar-refractivity contribution is -0.146. The van der Waals surface area contributed by atoms with Crippen LogP contribution in [0.2, 0.25) is 0 Å². The minimum absolute atomic E-state index is 0.0571. The molecule has 0 saturated carbocycles. The Morgan fingerprint density at radius 1 is 0.688 bits per heavy atom. The number of esters is 1. The van der Waals surface area contributed by atoms with Gasteiger partial charge in [0.1, 0.15) is 5.75 Å². The van der Waals surface area contributed by atoms with Crippen LogP contribution in [0.15, 0.2) is 54.6 Å². The highest BCUT2D eigenvalue weighted by Gasteiger charge is 2.34. The van der Waals surface area contributed by atoms with E-state index in [9.17, 15) is 4.79 Å². The predicted octanol–water partition coefficient (Wildman–Crippen LogP) is 8.91. The van der Waals surface area contributed by atoms with Crippen molar-refractivity contribution in [2.75, 3.05) is 0 Å². The first-order valence-corrected chi connectivity index (χ1v) is 12.9. The second kappa shape index (κ2) is 14.9. The molecule has 0 amide bonds. The van der Waals surface area contributed by atoms with Crippen LogP contribution in [-0.4, -0.2) is 5.97 Å². The van der Waals surface area contributed by atoms with Gasteiger partial charge < -0.3 is 4.74 Å². The summed E-state index contributed by atoms with van der Waals surface area (Å²) in [6.07, 6.45) is 15.0. The molecule has 0 aliphatic carbocycles. The third kappa shape index (κ3) is 9.59. The predicted molar refractivity (Wildman–Crippen MR) is 136 cm³/mol. The Morgan fingerprint density at radius 3 is 1.78 bits per heavy atom. The summed E-state index contributed by atoms with van der Waals surface area (Å²) in [4.78, 5) is 13.2. The van der Waals surface area contributed by atoms with E-state index in [1.807, 2.05) is 18.2 Å². The molecule has 0 N–H and O–H groups in total. The van der Waals surface area contributed by atoms with Gasteiger partial charge in [-0.3, -0.25) is 4.79 Å². The van der Waals surface area contributed by atoms with Crippen molar-refractivity contribution in [3.8, 4) is 5.75 Å². The summed E-state index contributed by atoms with van der Waals surface area (Å²) in [6, 6.07) is 18.5. The third-order valence-electron chi connectivity index (χ3n) is 6.54. The van der Waals surface area contributed by atoms with Crippen molar-refractivity contribution in [3.05, 3.63) is 65.7 Å². The van der Waals surface area contributed by atoms with Gasteiger partial charge in [0, 0.05) is 0 Å². The smallest absolute Gasteiger partial charge is 0.317 e. The summed E-state index contributed by atoms with van der Waals surface area (Å²) in [6.45, 7) is 6.60. The Bertz CT molecular complexity index is 750. The van der Waals surface area contributed by atoms with Gasteiger partial charge in [-0.25, -0.2) is 0 Å². The summed E-state index contributed by atoms with van der Waals surface area (Å²) in [7, 11) is 0. The van der Waals surface area contributed by atoms with Crippen LogP contribution in [0.5, 0.6) is 5.75 Å².